The number of aromatic nitrogens is 5. The summed E-state index contributed by atoms with van der Waals surface area (Å²) in [5.74, 6) is 0.539. The lowest BCUT2D eigenvalue weighted by molar-refractivity contribution is 0.407. The summed E-state index contributed by atoms with van der Waals surface area (Å²) in [6.07, 6.45) is 3.50. The number of pyridine rings is 1. The van der Waals surface area contributed by atoms with E-state index < -0.39 is 5.82 Å². The predicted octanol–water partition coefficient (Wildman–Crippen LogP) is 2.97. The Kier molecular flexibility index (Phi) is 4.16. The fourth-order valence-corrected chi connectivity index (χ4v) is 4.07. The van der Waals surface area contributed by atoms with Crippen LogP contribution >= 0.6 is 0 Å². The van der Waals surface area contributed by atoms with E-state index in [4.69, 9.17) is 0 Å². The standard InChI is InChI=1S/C21H22FN7/c1-12-9-28(10-13(2)24-12)17-4-5-19-15(6-17)8-23-20(26-19)16-7-18(22)21-25-14(3)27-29(21)11-16/h4-8,11-13,24H,9-10H2,1-3H3/t12-,13-/m0/s1. The van der Waals surface area contributed by atoms with Gasteiger partial charge in [-0.3, -0.25) is 0 Å². The molecule has 3 aromatic heterocycles. The first-order valence-corrected chi connectivity index (χ1v) is 9.77. The van der Waals surface area contributed by atoms with Crippen molar-refractivity contribution in [2.75, 3.05) is 18.0 Å². The fourth-order valence-electron chi connectivity index (χ4n) is 4.07. The van der Waals surface area contributed by atoms with Crippen LogP contribution in [-0.2, 0) is 0 Å². The Morgan fingerprint density at radius 2 is 1.90 bits per heavy atom. The van der Waals surface area contributed by atoms with Crippen molar-refractivity contribution in [3.05, 3.63) is 48.3 Å². The van der Waals surface area contributed by atoms with E-state index in [1.807, 2.05) is 6.07 Å². The summed E-state index contributed by atoms with van der Waals surface area (Å²) in [5, 5.41) is 8.71. The second-order valence-electron chi connectivity index (χ2n) is 7.81. The molecule has 7 nitrogen and oxygen atoms in total. The molecule has 1 aromatic carbocycles. The minimum Gasteiger partial charge on any atom is -0.368 e. The molecule has 1 saturated heterocycles. The van der Waals surface area contributed by atoms with Gasteiger partial charge in [-0.2, -0.15) is 5.10 Å². The predicted molar refractivity (Wildman–Crippen MR) is 110 cm³/mol. The number of nitrogens with one attached hydrogen (secondary N) is 1. The highest BCUT2D eigenvalue weighted by Crippen LogP contribution is 2.25. The zero-order valence-corrected chi connectivity index (χ0v) is 16.6. The average Bonchev–Trinajstić information content (AvgIpc) is 3.07. The van der Waals surface area contributed by atoms with Gasteiger partial charge in [0.05, 0.1) is 5.52 Å². The van der Waals surface area contributed by atoms with E-state index in [2.05, 4.69) is 56.2 Å². The van der Waals surface area contributed by atoms with Gasteiger partial charge in [0, 0.05) is 54.2 Å². The molecule has 0 unspecified atom stereocenters. The van der Waals surface area contributed by atoms with Crippen molar-refractivity contribution in [2.24, 2.45) is 0 Å². The molecule has 0 bridgehead atoms. The van der Waals surface area contributed by atoms with Crippen molar-refractivity contribution in [1.29, 1.82) is 0 Å². The summed E-state index contributed by atoms with van der Waals surface area (Å²) in [4.78, 5) is 15.6. The van der Waals surface area contributed by atoms with Crippen molar-refractivity contribution in [2.45, 2.75) is 32.9 Å². The maximum atomic E-state index is 14.4. The Bertz CT molecular complexity index is 1210. The van der Waals surface area contributed by atoms with E-state index in [1.54, 1.807) is 19.3 Å². The van der Waals surface area contributed by atoms with Crippen molar-refractivity contribution in [3.8, 4) is 11.4 Å². The van der Waals surface area contributed by atoms with Crippen LogP contribution in [0.25, 0.3) is 27.9 Å². The quantitative estimate of drug-likeness (QED) is 0.567. The summed E-state index contributed by atoms with van der Waals surface area (Å²) in [6.45, 7) is 8.06. The molecule has 1 N–H and O–H groups in total. The van der Waals surface area contributed by atoms with Crippen LogP contribution in [0.3, 0.4) is 0 Å². The van der Waals surface area contributed by atoms with Gasteiger partial charge < -0.3 is 10.2 Å². The van der Waals surface area contributed by atoms with Gasteiger partial charge >= 0.3 is 0 Å². The third-order valence-electron chi connectivity index (χ3n) is 5.24. The second kappa shape index (κ2) is 6.73. The molecule has 1 fully saturated rings. The number of anilines is 1. The van der Waals surface area contributed by atoms with Crippen LogP contribution in [0, 0.1) is 12.7 Å². The van der Waals surface area contributed by atoms with Crippen LogP contribution < -0.4 is 10.2 Å². The highest BCUT2D eigenvalue weighted by atomic mass is 19.1. The minimum absolute atomic E-state index is 0.205. The highest BCUT2D eigenvalue weighted by molar-refractivity contribution is 5.83. The molecule has 4 heterocycles. The SMILES string of the molecule is Cc1nc2c(F)cc(-c3ncc4cc(N5C[C@H](C)N[C@@H](C)C5)ccc4n3)cn2n1. The molecule has 4 aromatic rings. The topological polar surface area (TPSA) is 71.2 Å². The fraction of sp³-hybridized carbons (Fsp3) is 0.333. The van der Waals surface area contributed by atoms with Crippen LogP contribution in [0.4, 0.5) is 10.1 Å². The number of aryl methyl sites for hydroxylation is 1. The molecule has 0 aliphatic carbocycles. The van der Waals surface area contributed by atoms with Gasteiger partial charge in [0.1, 0.15) is 5.82 Å². The van der Waals surface area contributed by atoms with Gasteiger partial charge in [-0.15, -0.1) is 0 Å². The maximum Gasteiger partial charge on any atom is 0.191 e. The van der Waals surface area contributed by atoms with Crippen LogP contribution in [0.5, 0.6) is 0 Å². The van der Waals surface area contributed by atoms with E-state index in [9.17, 15) is 4.39 Å². The summed E-state index contributed by atoms with van der Waals surface area (Å²) in [7, 11) is 0. The second-order valence-corrected chi connectivity index (χ2v) is 7.81. The smallest absolute Gasteiger partial charge is 0.191 e. The zero-order chi connectivity index (χ0) is 20.1. The Labute approximate surface area is 167 Å². The third-order valence-corrected chi connectivity index (χ3v) is 5.24. The molecule has 0 spiro atoms. The first-order valence-electron chi connectivity index (χ1n) is 9.77. The molecule has 0 amide bonds. The molecule has 148 valence electrons. The minimum atomic E-state index is -0.441. The largest absolute Gasteiger partial charge is 0.368 e. The van der Waals surface area contributed by atoms with E-state index in [0.717, 1.165) is 24.0 Å². The number of fused-ring (bicyclic) bond motifs is 2. The number of hydrogen-bond acceptors (Lipinski definition) is 6. The number of nitrogens with zero attached hydrogens (tertiary/aromatic N) is 6. The Morgan fingerprint density at radius 3 is 2.69 bits per heavy atom. The average molecular weight is 391 g/mol. The van der Waals surface area contributed by atoms with Crippen LogP contribution in [0.2, 0.25) is 0 Å². The van der Waals surface area contributed by atoms with Crippen molar-refractivity contribution < 1.29 is 4.39 Å². The third kappa shape index (κ3) is 3.29. The van der Waals surface area contributed by atoms with Crippen LogP contribution in [0.15, 0.2) is 36.7 Å². The number of piperazine rings is 1. The molecule has 0 radical (unpaired) electrons. The Balaban J connectivity index is 1.51. The van der Waals surface area contributed by atoms with Crippen molar-refractivity contribution >= 4 is 22.2 Å². The molecular weight excluding hydrogens is 369 g/mol. The Hall–Kier alpha value is -3.13. The van der Waals surface area contributed by atoms with Gasteiger partial charge in [0.25, 0.3) is 0 Å². The zero-order valence-electron chi connectivity index (χ0n) is 16.6. The maximum absolute atomic E-state index is 14.4. The summed E-state index contributed by atoms with van der Waals surface area (Å²) in [6, 6.07) is 8.50. The summed E-state index contributed by atoms with van der Waals surface area (Å²) in [5.41, 5.74) is 2.76. The molecule has 0 saturated carbocycles. The van der Waals surface area contributed by atoms with E-state index >= 15 is 0 Å². The van der Waals surface area contributed by atoms with Gasteiger partial charge in [0.2, 0.25) is 0 Å². The van der Waals surface area contributed by atoms with E-state index in [1.165, 1.54) is 16.3 Å². The normalized spacial score (nSPS) is 19.9. The summed E-state index contributed by atoms with van der Waals surface area (Å²) >= 11 is 0. The van der Waals surface area contributed by atoms with Crippen LogP contribution in [0.1, 0.15) is 19.7 Å². The molecular formula is C21H22FN7. The lowest BCUT2D eigenvalue weighted by Gasteiger charge is -2.37. The molecule has 1 aliphatic rings. The van der Waals surface area contributed by atoms with E-state index in [0.29, 0.717) is 29.3 Å². The molecule has 2 atom stereocenters. The van der Waals surface area contributed by atoms with Gasteiger partial charge in [-0.25, -0.2) is 23.9 Å². The van der Waals surface area contributed by atoms with Crippen molar-refractivity contribution in [3.63, 3.8) is 0 Å². The molecule has 5 rings (SSSR count). The summed E-state index contributed by atoms with van der Waals surface area (Å²) < 4.78 is 15.8. The van der Waals surface area contributed by atoms with Gasteiger partial charge in [0.15, 0.2) is 17.3 Å². The van der Waals surface area contributed by atoms with Crippen LogP contribution in [-0.4, -0.2) is 49.7 Å². The van der Waals surface area contributed by atoms with E-state index in [-0.39, 0.29) is 5.65 Å². The first kappa shape index (κ1) is 17.9. The van der Waals surface area contributed by atoms with Gasteiger partial charge in [-0.05, 0) is 45.0 Å². The number of rotatable bonds is 2. The first-order chi connectivity index (χ1) is 14.0. The lowest BCUT2D eigenvalue weighted by atomic mass is 10.1. The number of hydrogen-bond donors (Lipinski definition) is 1. The highest BCUT2D eigenvalue weighted by Gasteiger charge is 2.21. The Morgan fingerprint density at radius 1 is 1.10 bits per heavy atom. The lowest BCUT2D eigenvalue weighted by Crippen LogP contribution is -2.54. The number of benzene rings is 1. The molecule has 8 heteroatoms. The molecule has 29 heavy (non-hydrogen) atoms. The molecule has 1 aliphatic heterocycles. The van der Waals surface area contributed by atoms with Gasteiger partial charge in [-0.1, -0.05) is 0 Å². The monoisotopic (exact) mass is 391 g/mol. The van der Waals surface area contributed by atoms with Crippen molar-refractivity contribution in [1.82, 2.24) is 29.9 Å². The number of halogens is 1.